The molecule has 0 aromatic rings. The fraction of sp³-hybridized carbons (Fsp3) is 0.600. The van der Waals surface area contributed by atoms with E-state index in [4.69, 9.17) is 10.2 Å². The van der Waals surface area contributed by atoms with Gasteiger partial charge in [0.05, 0.1) is 11.3 Å². The van der Waals surface area contributed by atoms with Crippen LogP contribution in [0.4, 0.5) is 0 Å². The number of carboxylic acids is 1. The molecule has 1 amide bonds. The molecule has 3 atom stereocenters. The standard InChI is InChI=1S/C10H13NO4S/c1-4(3-12)6-8(13)11-7(10(14)15)5(2)16-9(6)11/h4,6,9,12H,3H2,1-2H3,(H,14,15)/t4?,6?,9-/m1/s1. The number of aliphatic carboxylic acids is 1. The molecule has 1 fully saturated rings. The molecule has 2 rings (SSSR count). The Morgan fingerprint density at radius 2 is 2.25 bits per heavy atom. The highest BCUT2D eigenvalue weighted by atomic mass is 32.2. The number of thioether (sulfide) groups is 1. The second-order valence-corrected chi connectivity index (χ2v) is 5.44. The average molecular weight is 243 g/mol. The third-order valence-corrected chi connectivity index (χ3v) is 4.35. The number of carboxylic acid groups (broad SMARTS) is 1. The summed E-state index contributed by atoms with van der Waals surface area (Å²) in [6, 6.07) is 0. The number of amides is 1. The fourth-order valence-corrected chi connectivity index (χ4v) is 3.65. The predicted molar refractivity (Wildman–Crippen MR) is 58.3 cm³/mol. The van der Waals surface area contributed by atoms with Crippen LogP contribution in [0.25, 0.3) is 0 Å². The van der Waals surface area contributed by atoms with E-state index in [1.165, 1.54) is 16.7 Å². The first-order valence-corrected chi connectivity index (χ1v) is 5.91. The average Bonchev–Trinajstić information content (AvgIpc) is 2.52. The maximum atomic E-state index is 11.8. The molecule has 0 radical (unpaired) electrons. The van der Waals surface area contributed by atoms with Gasteiger partial charge in [-0.1, -0.05) is 6.92 Å². The summed E-state index contributed by atoms with van der Waals surface area (Å²) in [5.74, 6) is -1.63. The molecule has 5 nitrogen and oxygen atoms in total. The van der Waals surface area contributed by atoms with Crippen molar-refractivity contribution >= 4 is 23.6 Å². The Balaban J connectivity index is 2.22. The van der Waals surface area contributed by atoms with Crippen molar-refractivity contribution in [1.82, 2.24) is 4.90 Å². The molecule has 0 spiro atoms. The van der Waals surface area contributed by atoms with Gasteiger partial charge in [-0.05, 0) is 12.8 Å². The summed E-state index contributed by atoms with van der Waals surface area (Å²) in [6.45, 7) is 3.46. The summed E-state index contributed by atoms with van der Waals surface area (Å²) in [5.41, 5.74) is 0.0985. The zero-order valence-electron chi connectivity index (χ0n) is 9.01. The van der Waals surface area contributed by atoms with E-state index in [0.717, 1.165) is 0 Å². The van der Waals surface area contributed by atoms with E-state index in [1.807, 2.05) is 0 Å². The van der Waals surface area contributed by atoms with Crippen LogP contribution in [0.5, 0.6) is 0 Å². The molecule has 2 N–H and O–H groups in total. The zero-order chi connectivity index (χ0) is 12.0. The van der Waals surface area contributed by atoms with Gasteiger partial charge in [-0.25, -0.2) is 4.79 Å². The molecule has 0 bridgehead atoms. The van der Waals surface area contributed by atoms with E-state index in [2.05, 4.69) is 0 Å². The third kappa shape index (κ3) is 1.36. The molecular formula is C10H13NO4S. The van der Waals surface area contributed by atoms with Crippen molar-refractivity contribution in [2.24, 2.45) is 11.8 Å². The smallest absolute Gasteiger partial charge is 0.353 e. The molecule has 2 aliphatic rings. The Morgan fingerprint density at radius 1 is 1.62 bits per heavy atom. The number of fused-ring (bicyclic) bond motifs is 1. The Morgan fingerprint density at radius 3 is 2.75 bits per heavy atom. The molecule has 0 aromatic heterocycles. The molecule has 0 aromatic carbocycles. The van der Waals surface area contributed by atoms with Crippen molar-refractivity contribution in [2.45, 2.75) is 19.2 Å². The first-order chi connectivity index (χ1) is 7.49. The van der Waals surface area contributed by atoms with Gasteiger partial charge in [-0.3, -0.25) is 9.69 Å². The highest BCUT2D eigenvalue weighted by Crippen LogP contribution is 2.51. The zero-order valence-corrected chi connectivity index (χ0v) is 9.82. The molecule has 1 saturated heterocycles. The number of rotatable bonds is 3. The lowest BCUT2D eigenvalue weighted by atomic mass is 9.85. The van der Waals surface area contributed by atoms with Crippen molar-refractivity contribution in [3.8, 4) is 0 Å². The van der Waals surface area contributed by atoms with E-state index in [0.29, 0.717) is 4.91 Å². The third-order valence-electron chi connectivity index (χ3n) is 3.06. The minimum absolute atomic E-state index is 0.0528. The number of hydrogen-bond acceptors (Lipinski definition) is 4. The van der Waals surface area contributed by atoms with Crippen LogP contribution >= 0.6 is 11.8 Å². The molecule has 6 heteroatoms. The van der Waals surface area contributed by atoms with Gasteiger partial charge in [-0.2, -0.15) is 0 Å². The summed E-state index contributed by atoms with van der Waals surface area (Å²) < 4.78 is 0. The van der Waals surface area contributed by atoms with E-state index in [9.17, 15) is 9.59 Å². The van der Waals surface area contributed by atoms with Gasteiger partial charge in [-0.15, -0.1) is 11.8 Å². The monoisotopic (exact) mass is 243 g/mol. The first-order valence-electron chi connectivity index (χ1n) is 5.03. The number of aliphatic hydroxyl groups excluding tert-OH is 1. The van der Waals surface area contributed by atoms with Gasteiger partial charge in [0.2, 0.25) is 5.91 Å². The lowest BCUT2D eigenvalue weighted by molar-refractivity contribution is -0.154. The summed E-state index contributed by atoms with van der Waals surface area (Å²) >= 11 is 1.40. The van der Waals surface area contributed by atoms with Crippen LogP contribution in [0.15, 0.2) is 10.6 Å². The summed E-state index contributed by atoms with van der Waals surface area (Å²) in [4.78, 5) is 24.8. The van der Waals surface area contributed by atoms with Gasteiger partial charge in [0, 0.05) is 11.5 Å². The van der Waals surface area contributed by atoms with E-state index in [-0.39, 0.29) is 35.4 Å². The Bertz CT molecular complexity index is 392. The molecule has 2 unspecified atom stereocenters. The van der Waals surface area contributed by atoms with Crippen LogP contribution in [0, 0.1) is 11.8 Å². The number of hydrogen-bond donors (Lipinski definition) is 2. The van der Waals surface area contributed by atoms with Crippen LogP contribution in [0.3, 0.4) is 0 Å². The first kappa shape index (κ1) is 11.5. The number of carbonyl (C=O) groups excluding carboxylic acids is 1. The normalized spacial score (nSPS) is 30.2. The van der Waals surface area contributed by atoms with E-state index in [1.54, 1.807) is 13.8 Å². The topological polar surface area (TPSA) is 77.8 Å². The highest BCUT2D eigenvalue weighted by Gasteiger charge is 2.56. The van der Waals surface area contributed by atoms with Crippen molar-refractivity contribution in [1.29, 1.82) is 0 Å². The molecule has 0 saturated carbocycles. The largest absolute Gasteiger partial charge is 0.477 e. The Labute approximate surface area is 97.1 Å². The minimum Gasteiger partial charge on any atom is -0.477 e. The molecule has 2 aliphatic heterocycles. The molecule has 16 heavy (non-hydrogen) atoms. The Hall–Kier alpha value is -1.01. The molecular weight excluding hydrogens is 230 g/mol. The van der Waals surface area contributed by atoms with Crippen molar-refractivity contribution in [3.63, 3.8) is 0 Å². The molecule has 2 heterocycles. The van der Waals surface area contributed by atoms with Gasteiger partial charge in [0.25, 0.3) is 0 Å². The summed E-state index contributed by atoms with van der Waals surface area (Å²) in [5, 5.41) is 17.9. The van der Waals surface area contributed by atoms with Gasteiger partial charge in [0.1, 0.15) is 5.70 Å². The number of β-lactam (4-membered cyclic amide) rings is 1. The molecule has 0 aliphatic carbocycles. The van der Waals surface area contributed by atoms with Gasteiger partial charge >= 0.3 is 5.97 Å². The van der Waals surface area contributed by atoms with Crippen LogP contribution in [0.1, 0.15) is 13.8 Å². The summed E-state index contributed by atoms with van der Waals surface area (Å²) in [7, 11) is 0. The Kier molecular flexibility index (Phi) is 2.71. The van der Waals surface area contributed by atoms with Gasteiger partial charge < -0.3 is 10.2 Å². The van der Waals surface area contributed by atoms with Crippen LogP contribution in [-0.2, 0) is 9.59 Å². The SMILES string of the molecule is CC1=C(C(=O)O)N2C(=O)C(C(C)CO)[C@H]2S1. The summed E-state index contributed by atoms with van der Waals surface area (Å²) in [6.07, 6.45) is 0. The highest BCUT2D eigenvalue weighted by molar-refractivity contribution is 8.04. The maximum absolute atomic E-state index is 11.8. The van der Waals surface area contributed by atoms with Crippen LogP contribution < -0.4 is 0 Å². The quantitative estimate of drug-likeness (QED) is 0.704. The second-order valence-electron chi connectivity index (χ2n) is 4.11. The van der Waals surface area contributed by atoms with Crippen molar-refractivity contribution in [3.05, 3.63) is 10.6 Å². The van der Waals surface area contributed by atoms with E-state index >= 15 is 0 Å². The van der Waals surface area contributed by atoms with Crippen LogP contribution in [-0.4, -0.2) is 39.0 Å². The predicted octanol–water partition coefficient (Wildman–Crippen LogP) is 0.462. The minimum atomic E-state index is -1.06. The fourth-order valence-electron chi connectivity index (χ4n) is 2.15. The number of allylic oxidation sites excluding steroid dienone is 1. The van der Waals surface area contributed by atoms with Crippen molar-refractivity contribution in [2.75, 3.05) is 6.61 Å². The number of nitrogens with zero attached hydrogens (tertiary/aromatic N) is 1. The number of carbonyl (C=O) groups is 2. The van der Waals surface area contributed by atoms with Crippen LogP contribution in [0.2, 0.25) is 0 Å². The lowest BCUT2D eigenvalue weighted by Crippen LogP contribution is -2.59. The lowest BCUT2D eigenvalue weighted by Gasteiger charge is -2.44. The second kappa shape index (κ2) is 3.78. The molecule has 88 valence electrons. The van der Waals surface area contributed by atoms with Crippen molar-refractivity contribution < 1.29 is 19.8 Å². The van der Waals surface area contributed by atoms with Gasteiger partial charge in [0.15, 0.2) is 0 Å². The maximum Gasteiger partial charge on any atom is 0.353 e. The number of aliphatic hydroxyl groups is 1. The van der Waals surface area contributed by atoms with E-state index < -0.39 is 5.97 Å².